The van der Waals surface area contributed by atoms with Gasteiger partial charge in [-0.25, -0.2) is 4.98 Å². The van der Waals surface area contributed by atoms with Crippen LogP contribution in [0, 0.1) is 6.92 Å². The van der Waals surface area contributed by atoms with Crippen molar-refractivity contribution in [3.63, 3.8) is 0 Å². The molecule has 2 aromatic heterocycles. The molecular weight excluding hydrogens is 468 g/mol. The molecule has 1 amide bonds. The molecule has 0 spiro atoms. The number of rotatable bonds is 8. The van der Waals surface area contributed by atoms with Gasteiger partial charge >= 0.3 is 0 Å². The number of pyridine rings is 1. The van der Waals surface area contributed by atoms with E-state index in [4.69, 9.17) is 12.2 Å². The molecule has 0 saturated carbocycles. The number of hydrogen-bond acceptors (Lipinski definition) is 7. The van der Waals surface area contributed by atoms with Crippen LogP contribution in [-0.4, -0.2) is 42.7 Å². The molecule has 1 aromatic carbocycles. The number of aliphatic hydroxyl groups excluding tert-OH is 1. The number of carbonyl (C=O) groups is 1. The van der Waals surface area contributed by atoms with E-state index in [1.165, 1.54) is 16.2 Å². The zero-order valence-corrected chi connectivity index (χ0v) is 20.7. The number of anilines is 1. The summed E-state index contributed by atoms with van der Waals surface area (Å²) in [5.74, 6) is 0.112. The summed E-state index contributed by atoms with van der Waals surface area (Å²) in [5, 5.41) is 13.7. The minimum absolute atomic E-state index is 0.150. The number of unbranched alkanes of at least 4 members (excludes halogenated alkanes) is 1. The molecule has 7 nitrogen and oxygen atoms in total. The van der Waals surface area contributed by atoms with Gasteiger partial charge in [0.1, 0.15) is 15.8 Å². The van der Waals surface area contributed by atoms with Gasteiger partial charge in [-0.1, -0.05) is 73.7 Å². The van der Waals surface area contributed by atoms with Crippen molar-refractivity contribution in [2.24, 2.45) is 0 Å². The van der Waals surface area contributed by atoms with Crippen LogP contribution in [0.15, 0.2) is 58.4 Å². The smallest absolute Gasteiger partial charge is 0.267 e. The van der Waals surface area contributed by atoms with E-state index in [1.807, 2.05) is 43.3 Å². The van der Waals surface area contributed by atoms with Crippen LogP contribution in [0.25, 0.3) is 11.7 Å². The normalized spacial score (nSPS) is 16.0. The number of nitrogens with one attached hydrogen (secondary N) is 1. The molecule has 9 heteroatoms. The lowest BCUT2D eigenvalue weighted by molar-refractivity contribution is -0.122. The van der Waals surface area contributed by atoms with Crippen molar-refractivity contribution in [2.75, 3.05) is 18.4 Å². The Morgan fingerprint density at radius 1 is 1.21 bits per heavy atom. The number of aryl methyl sites for hydroxylation is 1. The highest BCUT2D eigenvalue weighted by Crippen LogP contribution is 2.33. The molecule has 1 aliphatic rings. The van der Waals surface area contributed by atoms with Gasteiger partial charge in [0.15, 0.2) is 0 Å². The van der Waals surface area contributed by atoms with Crippen LogP contribution in [0.3, 0.4) is 0 Å². The van der Waals surface area contributed by atoms with Crippen LogP contribution in [-0.2, 0) is 4.79 Å². The summed E-state index contributed by atoms with van der Waals surface area (Å²) in [6.07, 6.45) is 4.22. The number of thiocarbonyl (C=S) groups is 1. The number of thioether (sulfide) groups is 1. The number of hydrogen-bond donors (Lipinski definition) is 2. The van der Waals surface area contributed by atoms with Gasteiger partial charge in [0.05, 0.1) is 16.6 Å². The first-order valence-corrected chi connectivity index (χ1v) is 12.4. The molecule has 1 atom stereocenters. The molecule has 4 rings (SSSR count). The Bertz CT molecular complexity index is 1320. The molecule has 3 aromatic rings. The van der Waals surface area contributed by atoms with Crippen LogP contribution in [0.5, 0.6) is 0 Å². The second-order valence-electron chi connectivity index (χ2n) is 8.06. The summed E-state index contributed by atoms with van der Waals surface area (Å²) in [6.45, 7) is 4.64. The number of aliphatic hydroxyl groups is 1. The topological polar surface area (TPSA) is 86.9 Å². The van der Waals surface area contributed by atoms with Crippen LogP contribution in [0.2, 0.25) is 0 Å². The summed E-state index contributed by atoms with van der Waals surface area (Å²) < 4.78 is 1.96. The summed E-state index contributed by atoms with van der Waals surface area (Å²) in [6, 6.07) is 12.9. The zero-order valence-electron chi connectivity index (χ0n) is 19.0. The van der Waals surface area contributed by atoms with Crippen molar-refractivity contribution >= 4 is 51.7 Å². The van der Waals surface area contributed by atoms with E-state index in [-0.39, 0.29) is 23.6 Å². The van der Waals surface area contributed by atoms with Crippen LogP contribution in [0.4, 0.5) is 5.82 Å². The van der Waals surface area contributed by atoms with E-state index in [0.717, 1.165) is 24.0 Å². The number of nitrogens with zero attached hydrogens (tertiary/aromatic N) is 3. The maximum absolute atomic E-state index is 13.5. The Hall–Kier alpha value is -3.01. The first kappa shape index (κ1) is 24.1. The van der Waals surface area contributed by atoms with E-state index >= 15 is 0 Å². The van der Waals surface area contributed by atoms with Crippen molar-refractivity contribution < 1.29 is 9.90 Å². The summed E-state index contributed by atoms with van der Waals surface area (Å²) in [5.41, 5.74) is 2.05. The molecule has 0 radical (unpaired) electrons. The van der Waals surface area contributed by atoms with Gasteiger partial charge in [0.25, 0.3) is 11.5 Å². The summed E-state index contributed by atoms with van der Waals surface area (Å²) >= 11 is 6.59. The molecule has 1 aliphatic heterocycles. The number of amides is 1. The molecule has 1 fully saturated rings. The predicted octanol–water partition coefficient (Wildman–Crippen LogP) is 4.15. The molecule has 3 heterocycles. The minimum Gasteiger partial charge on any atom is -0.387 e. The third kappa shape index (κ3) is 4.91. The van der Waals surface area contributed by atoms with Gasteiger partial charge in [0.2, 0.25) is 0 Å². The van der Waals surface area contributed by atoms with Crippen molar-refractivity contribution in [1.29, 1.82) is 0 Å². The molecule has 1 saturated heterocycles. The Kier molecular flexibility index (Phi) is 7.45. The van der Waals surface area contributed by atoms with E-state index in [2.05, 4.69) is 17.2 Å². The maximum Gasteiger partial charge on any atom is 0.267 e. The SMILES string of the molecule is CCCCN1C(=O)/C(=C/c2c(NC[C@@H](O)c3ccccc3)nc3c(C)cccn3c2=O)SC1=S. The first-order valence-electron chi connectivity index (χ1n) is 11.1. The average molecular weight is 495 g/mol. The molecule has 176 valence electrons. The van der Waals surface area contributed by atoms with Gasteiger partial charge in [-0.3, -0.25) is 18.9 Å². The molecule has 2 N–H and O–H groups in total. The van der Waals surface area contributed by atoms with Gasteiger partial charge in [0, 0.05) is 19.3 Å². The lowest BCUT2D eigenvalue weighted by Crippen LogP contribution is -2.29. The van der Waals surface area contributed by atoms with Crippen LogP contribution >= 0.6 is 24.0 Å². The van der Waals surface area contributed by atoms with Crippen LogP contribution < -0.4 is 10.9 Å². The van der Waals surface area contributed by atoms with E-state index < -0.39 is 6.10 Å². The molecular formula is C25H26N4O3S2. The third-order valence-electron chi connectivity index (χ3n) is 5.62. The molecule has 0 unspecified atom stereocenters. The van der Waals surface area contributed by atoms with Crippen molar-refractivity contribution in [2.45, 2.75) is 32.8 Å². The number of aromatic nitrogens is 2. The minimum atomic E-state index is -0.793. The van der Waals surface area contributed by atoms with E-state index in [1.54, 1.807) is 23.2 Å². The fourth-order valence-electron chi connectivity index (χ4n) is 3.70. The Morgan fingerprint density at radius 3 is 2.71 bits per heavy atom. The highest BCUT2D eigenvalue weighted by atomic mass is 32.2. The lowest BCUT2D eigenvalue weighted by atomic mass is 10.1. The average Bonchev–Trinajstić information content (AvgIpc) is 3.11. The first-order chi connectivity index (χ1) is 16.4. The van der Waals surface area contributed by atoms with Crippen molar-refractivity contribution in [1.82, 2.24) is 14.3 Å². The Labute approximate surface area is 207 Å². The summed E-state index contributed by atoms with van der Waals surface area (Å²) in [7, 11) is 0. The molecule has 34 heavy (non-hydrogen) atoms. The predicted molar refractivity (Wildman–Crippen MR) is 141 cm³/mol. The van der Waals surface area contributed by atoms with Crippen LogP contribution in [0.1, 0.15) is 42.6 Å². The highest BCUT2D eigenvalue weighted by Gasteiger charge is 2.32. The fraction of sp³-hybridized carbons (Fsp3) is 0.280. The monoisotopic (exact) mass is 494 g/mol. The maximum atomic E-state index is 13.5. The Morgan fingerprint density at radius 2 is 1.97 bits per heavy atom. The Balaban J connectivity index is 1.74. The number of benzene rings is 1. The fourth-order valence-corrected chi connectivity index (χ4v) is 4.99. The third-order valence-corrected chi connectivity index (χ3v) is 6.99. The van der Waals surface area contributed by atoms with Gasteiger partial charge in [-0.05, 0) is 36.6 Å². The second-order valence-corrected chi connectivity index (χ2v) is 9.73. The number of carbonyl (C=O) groups excluding carboxylic acids is 1. The van der Waals surface area contributed by atoms with Crippen molar-refractivity contribution in [3.8, 4) is 0 Å². The second kappa shape index (κ2) is 10.5. The largest absolute Gasteiger partial charge is 0.387 e. The molecule has 0 aliphatic carbocycles. The van der Waals surface area contributed by atoms with Gasteiger partial charge in [-0.2, -0.15) is 0 Å². The zero-order chi connectivity index (χ0) is 24.2. The van der Waals surface area contributed by atoms with E-state index in [0.29, 0.717) is 27.2 Å². The lowest BCUT2D eigenvalue weighted by Gasteiger charge is -2.15. The molecule has 0 bridgehead atoms. The van der Waals surface area contributed by atoms with Gasteiger partial charge < -0.3 is 10.4 Å². The van der Waals surface area contributed by atoms with E-state index in [9.17, 15) is 14.7 Å². The quantitative estimate of drug-likeness (QED) is 0.359. The summed E-state index contributed by atoms with van der Waals surface area (Å²) in [4.78, 5) is 33.1. The standard InChI is InChI=1S/C25H26N4O3S2/c1-3-4-12-29-24(32)20(34-25(29)33)14-18-21(26-15-19(30)17-10-6-5-7-11-17)27-22-16(2)9-8-13-28(22)23(18)31/h5-11,13-14,19,26,30H,3-4,12,15H2,1-2H3/b20-14-/t19-/m1/s1. The van der Waals surface area contributed by atoms with Crippen molar-refractivity contribution in [3.05, 3.63) is 80.6 Å². The number of fused-ring (bicyclic) bond motifs is 1. The van der Waals surface area contributed by atoms with Gasteiger partial charge in [-0.15, -0.1) is 0 Å². The highest BCUT2D eigenvalue weighted by molar-refractivity contribution is 8.26.